The van der Waals surface area contributed by atoms with E-state index in [4.69, 9.17) is 10.5 Å². The second-order valence-corrected chi connectivity index (χ2v) is 6.66. The molecule has 0 aliphatic heterocycles. The number of carbonyl (C=O) groups is 2. The van der Waals surface area contributed by atoms with E-state index in [1.807, 2.05) is 12.1 Å². The van der Waals surface area contributed by atoms with Crippen molar-refractivity contribution in [1.82, 2.24) is 0 Å². The molecule has 0 bridgehead atoms. The summed E-state index contributed by atoms with van der Waals surface area (Å²) in [7, 11) is 1.57. The number of thiophene rings is 1. The van der Waals surface area contributed by atoms with Crippen molar-refractivity contribution in [1.29, 1.82) is 0 Å². The summed E-state index contributed by atoms with van der Waals surface area (Å²) in [6.45, 7) is 1.25. The monoisotopic (exact) mass is 346 g/mol. The number of benzene rings is 1. The number of hydrogen-bond acceptors (Lipinski definition) is 5. The van der Waals surface area contributed by atoms with Gasteiger partial charge in [-0.15, -0.1) is 11.3 Å². The van der Waals surface area contributed by atoms with Gasteiger partial charge in [-0.2, -0.15) is 0 Å². The Bertz CT molecular complexity index is 842. The summed E-state index contributed by atoms with van der Waals surface area (Å²) < 4.78 is 5.32. The number of primary amides is 1. The highest BCUT2D eigenvalue weighted by atomic mass is 32.1. The SMILES string of the molecule is COc1cc2c(cc1CO)-c1sc(NC(C)=O)c(C(N)=O)c1CC2. The van der Waals surface area contributed by atoms with E-state index in [0.29, 0.717) is 28.3 Å². The fraction of sp³-hybridized carbons (Fsp3) is 0.294. The van der Waals surface area contributed by atoms with Gasteiger partial charge in [-0.3, -0.25) is 9.59 Å². The summed E-state index contributed by atoms with van der Waals surface area (Å²) in [4.78, 5) is 24.2. The molecule has 7 heteroatoms. The van der Waals surface area contributed by atoms with Gasteiger partial charge in [0.1, 0.15) is 10.8 Å². The van der Waals surface area contributed by atoms with Gasteiger partial charge in [-0.05, 0) is 41.7 Å². The topological polar surface area (TPSA) is 102 Å². The predicted octanol–water partition coefficient (Wildman–Crippen LogP) is 2.07. The number of aliphatic hydroxyl groups excluding tert-OH is 1. The Morgan fingerprint density at radius 2 is 2.12 bits per heavy atom. The highest BCUT2D eigenvalue weighted by Gasteiger charge is 2.28. The number of fused-ring (bicyclic) bond motifs is 3. The maximum absolute atomic E-state index is 11.9. The molecular weight excluding hydrogens is 328 g/mol. The van der Waals surface area contributed by atoms with Gasteiger partial charge in [0.05, 0.1) is 19.3 Å². The molecule has 1 aromatic carbocycles. The molecule has 2 amide bonds. The standard InChI is InChI=1S/C17H18N2O4S/c1-8(21)19-17-14(16(18)22)11-4-3-9-6-13(23-2)10(7-20)5-12(9)15(11)24-17/h5-6,20H,3-4,7H2,1-2H3,(H2,18,22)(H,19,21). The molecule has 3 rings (SSSR count). The van der Waals surface area contributed by atoms with E-state index >= 15 is 0 Å². The van der Waals surface area contributed by atoms with Crippen LogP contribution in [0.15, 0.2) is 12.1 Å². The van der Waals surface area contributed by atoms with Crippen molar-refractivity contribution in [2.75, 3.05) is 12.4 Å². The van der Waals surface area contributed by atoms with E-state index in [1.54, 1.807) is 7.11 Å². The van der Waals surface area contributed by atoms with Gasteiger partial charge in [0.2, 0.25) is 5.91 Å². The minimum atomic E-state index is -0.546. The molecule has 0 fully saturated rings. The number of nitrogens with one attached hydrogen (secondary N) is 1. The first-order chi connectivity index (χ1) is 11.5. The van der Waals surface area contributed by atoms with Crippen molar-refractivity contribution in [2.24, 2.45) is 5.73 Å². The lowest BCUT2D eigenvalue weighted by Gasteiger charge is -2.19. The lowest BCUT2D eigenvalue weighted by Crippen LogP contribution is -2.17. The Morgan fingerprint density at radius 1 is 1.38 bits per heavy atom. The number of rotatable bonds is 4. The fourth-order valence-corrected chi connectivity index (χ4v) is 4.44. The maximum Gasteiger partial charge on any atom is 0.252 e. The van der Waals surface area contributed by atoms with Crippen LogP contribution in [0.1, 0.15) is 34.0 Å². The zero-order chi connectivity index (χ0) is 17.4. The number of ether oxygens (including phenoxy) is 1. The van der Waals surface area contributed by atoms with E-state index in [-0.39, 0.29) is 12.5 Å². The van der Waals surface area contributed by atoms with Crippen molar-refractivity contribution >= 4 is 28.2 Å². The molecule has 1 heterocycles. The molecule has 1 aromatic heterocycles. The van der Waals surface area contributed by atoms with Gasteiger partial charge in [-0.25, -0.2) is 0 Å². The number of nitrogens with two attached hydrogens (primary N) is 1. The van der Waals surface area contributed by atoms with Gasteiger partial charge in [0.15, 0.2) is 0 Å². The van der Waals surface area contributed by atoms with Crippen molar-refractivity contribution in [3.8, 4) is 16.2 Å². The van der Waals surface area contributed by atoms with Crippen LogP contribution in [0.25, 0.3) is 10.4 Å². The molecular formula is C17H18N2O4S. The van der Waals surface area contributed by atoms with Crippen LogP contribution in [0.3, 0.4) is 0 Å². The summed E-state index contributed by atoms with van der Waals surface area (Å²) in [6.07, 6.45) is 1.40. The number of carbonyl (C=O) groups excluding carboxylic acids is 2. The van der Waals surface area contributed by atoms with Crippen molar-refractivity contribution in [2.45, 2.75) is 26.4 Å². The Labute approximate surface area is 143 Å². The molecule has 4 N–H and O–H groups in total. The minimum Gasteiger partial charge on any atom is -0.496 e. The third kappa shape index (κ3) is 2.65. The molecule has 0 spiro atoms. The zero-order valence-corrected chi connectivity index (χ0v) is 14.3. The lowest BCUT2D eigenvalue weighted by atomic mass is 9.88. The third-order valence-corrected chi connectivity index (χ3v) is 5.29. The second kappa shape index (κ2) is 6.26. The molecule has 0 saturated carbocycles. The van der Waals surface area contributed by atoms with Crippen LogP contribution < -0.4 is 15.8 Å². The number of hydrogen-bond donors (Lipinski definition) is 3. The van der Waals surface area contributed by atoms with Gasteiger partial charge in [-0.1, -0.05) is 0 Å². The molecule has 0 atom stereocenters. The third-order valence-electron chi connectivity index (χ3n) is 4.11. The average molecular weight is 346 g/mol. The van der Waals surface area contributed by atoms with E-state index < -0.39 is 5.91 Å². The largest absolute Gasteiger partial charge is 0.496 e. The minimum absolute atomic E-state index is 0.140. The quantitative estimate of drug-likeness (QED) is 0.789. The summed E-state index contributed by atoms with van der Waals surface area (Å²) in [5.74, 6) is -0.147. The molecule has 126 valence electrons. The fourth-order valence-electron chi connectivity index (χ4n) is 3.09. The predicted molar refractivity (Wildman–Crippen MR) is 92.5 cm³/mol. The number of amides is 2. The molecule has 1 aliphatic carbocycles. The Balaban J connectivity index is 2.21. The lowest BCUT2D eigenvalue weighted by molar-refractivity contribution is -0.114. The zero-order valence-electron chi connectivity index (χ0n) is 13.4. The van der Waals surface area contributed by atoms with Gasteiger partial charge < -0.3 is 20.9 Å². The van der Waals surface area contributed by atoms with Gasteiger partial charge >= 0.3 is 0 Å². The number of methoxy groups -OCH3 is 1. The number of aryl methyl sites for hydroxylation is 1. The van der Waals surface area contributed by atoms with E-state index in [2.05, 4.69) is 5.32 Å². The highest BCUT2D eigenvalue weighted by molar-refractivity contribution is 7.20. The van der Waals surface area contributed by atoms with E-state index in [1.165, 1.54) is 18.3 Å². The second-order valence-electron chi connectivity index (χ2n) is 5.64. The summed E-state index contributed by atoms with van der Waals surface area (Å²) in [5, 5.41) is 12.7. The molecule has 2 aromatic rings. The van der Waals surface area contributed by atoms with Crippen molar-refractivity contribution in [3.63, 3.8) is 0 Å². The van der Waals surface area contributed by atoms with Crippen LogP contribution in [-0.2, 0) is 24.2 Å². The van der Waals surface area contributed by atoms with Crippen molar-refractivity contribution < 1.29 is 19.4 Å². The van der Waals surface area contributed by atoms with E-state index in [0.717, 1.165) is 28.0 Å². The molecule has 0 radical (unpaired) electrons. The average Bonchev–Trinajstić information content (AvgIpc) is 2.90. The van der Waals surface area contributed by atoms with Crippen LogP contribution in [-0.4, -0.2) is 24.0 Å². The molecule has 0 unspecified atom stereocenters. The Hall–Kier alpha value is -2.38. The normalized spacial score (nSPS) is 12.3. The number of aliphatic hydroxyl groups is 1. The number of anilines is 1. The van der Waals surface area contributed by atoms with Gasteiger partial charge in [0.25, 0.3) is 5.91 Å². The first kappa shape index (κ1) is 16.5. The molecule has 6 nitrogen and oxygen atoms in total. The van der Waals surface area contributed by atoms with E-state index in [9.17, 15) is 14.7 Å². The molecule has 1 aliphatic rings. The van der Waals surface area contributed by atoms with Gasteiger partial charge in [0, 0.05) is 17.4 Å². The van der Waals surface area contributed by atoms with Crippen LogP contribution in [0.4, 0.5) is 5.00 Å². The Kier molecular flexibility index (Phi) is 4.29. The first-order valence-corrected chi connectivity index (χ1v) is 8.32. The van der Waals surface area contributed by atoms with Crippen LogP contribution in [0, 0.1) is 0 Å². The van der Waals surface area contributed by atoms with Crippen LogP contribution >= 0.6 is 11.3 Å². The first-order valence-electron chi connectivity index (χ1n) is 7.50. The molecule has 0 saturated heterocycles. The summed E-state index contributed by atoms with van der Waals surface area (Å²) >= 11 is 1.34. The van der Waals surface area contributed by atoms with Crippen LogP contribution in [0.5, 0.6) is 5.75 Å². The Morgan fingerprint density at radius 3 is 2.71 bits per heavy atom. The summed E-state index contributed by atoms with van der Waals surface area (Å²) in [5.41, 5.74) is 9.50. The smallest absolute Gasteiger partial charge is 0.252 e. The molecule has 24 heavy (non-hydrogen) atoms. The van der Waals surface area contributed by atoms with Crippen molar-refractivity contribution in [3.05, 3.63) is 34.4 Å². The summed E-state index contributed by atoms with van der Waals surface area (Å²) in [6, 6.07) is 3.80. The maximum atomic E-state index is 11.9. The highest BCUT2D eigenvalue weighted by Crippen LogP contribution is 2.46. The van der Waals surface area contributed by atoms with Crippen LogP contribution in [0.2, 0.25) is 0 Å².